The Morgan fingerprint density at radius 1 is 1.33 bits per heavy atom. The van der Waals surface area contributed by atoms with Crippen LogP contribution in [0.4, 0.5) is 13.2 Å². The molecule has 1 aromatic carbocycles. The van der Waals surface area contributed by atoms with Crippen LogP contribution in [0.3, 0.4) is 0 Å². The van der Waals surface area contributed by atoms with Gasteiger partial charge in [-0.3, -0.25) is 0 Å². The molecule has 18 heavy (non-hydrogen) atoms. The van der Waals surface area contributed by atoms with Crippen LogP contribution in [0.15, 0.2) is 18.2 Å². The van der Waals surface area contributed by atoms with E-state index in [4.69, 9.17) is 5.26 Å². The van der Waals surface area contributed by atoms with Crippen molar-refractivity contribution in [3.05, 3.63) is 34.9 Å². The third kappa shape index (κ3) is 3.22. The second-order valence-corrected chi connectivity index (χ2v) is 4.23. The van der Waals surface area contributed by atoms with Gasteiger partial charge < -0.3 is 10.2 Å². The predicted octanol–water partition coefficient (Wildman–Crippen LogP) is 2.37. The summed E-state index contributed by atoms with van der Waals surface area (Å²) in [6, 6.07) is 4.27. The van der Waals surface area contributed by atoms with Crippen LogP contribution in [-0.2, 0) is 6.18 Å². The molecule has 2 atom stereocenters. The van der Waals surface area contributed by atoms with Crippen molar-refractivity contribution >= 4 is 15.9 Å². The highest BCUT2D eigenvalue weighted by atomic mass is 79.9. The summed E-state index contributed by atoms with van der Waals surface area (Å²) in [7, 11) is 0. The maximum absolute atomic E-state index is 12.7. The highest BCUT2D eigenvalue weighted by molar-refractivity contribution is 9.09. The summed E-state index contributed by atoms with van der Waals surface area (Å²) in [5.41, 5.74) is -1.73. The number of alkyl halides is 4. The lowest BCUT2D eigenvalue weighted by Crippen LogP contribution is -2.20. The van der Waals surface area contributed by atoms with Crippen molar-refractivity contribution in [3.63, 3.8) is 0 Å². The molecule has 0 spiro atoms. The molecule has 0 saturated carbocycles. The van der Waals surface area contributed by atoms with Gasteiger partial charge in [0.25, 0.3) is 0 Å². The van der Waals surface area contributed by atoms with Crippen LogP contribution in [0.5, 0.6) is 0 Å². The van der Waals surface area contributed by atoms with Gasteiger partial charge in [-0.05, 0) is 17.7 Å². The van der Waals surface area contributed by atoms with Crippen molar-refractivity contribution in [3.8, 4) is 6.07 Å². The highest BCUT2D eigenvalue weighted by Gasteiger charge is 2.34. The van der Waals surface area contributed by atoms with Crippen molar-refractivity contribution in [2.45, 2.75) is 18.4 Å². The second-order valence-electron chi connectivity index (χ2n) is 3.58. The summed E-state index contributed by atoms with van der Waals surface area (Å²) in [4.78, 5) is 0. The number of rotatable bonds is 3. The second kappa shape index (κ2) is 5.69. The van der Waals surface area contributed by atoms with Gasteiger partial charge in [-0.15, -0.1) is 0 Å². The summed E-state index contributed by atoms with van der Waals surface area (Å²) in [6.45, 7) is 0. The van der Waals surface area contributed by atoms with E-state index < -0.39 is 29.5 Å². The number of hydrogen-bond acceptors (Lipinski definition) is 3. The maximum atomic E-state index is 12.7. The van der Waals surface area contributed by atoms with Gasteiger partial charge in [0.05, 0.1) is 23.3 Å². The molecule has 0 saturated heterocycles. The number of nitriles is 1. The Hall–Kier alpha value is -1.10. The van der Waals surface area contributed by atoms with Gasteiger partial charge in [0, 0.05) is 5.33 Å². The Kier molecular flexibility index (Phi) is 4.73. The topological polar surface area (TPSA) is 64.2 Å². The minimum Gasteiger partial charge on any atom is -0.389 e. The molecule has 0 fully saturated rings. The molecular formula is C11H9BrF3NO2. The summed E-state index contributed by atoms with van der Waals surface area (Å²) in [5.74, 6) is 0. The van der Waals surface area contributed by atoms with E-state index in [0.29, 0.717) is 6.07 Å². The van der Waals surface area contributed by atoms with E-state index in [1.165, 1.54) is 12.1 Å². The van der Waals surface area contributed by atoms with E-state index in [1.807, 2.05) is 0 Å². The zero-order valence-electron chi connectivity index (χ0n) is 8.95. The Balaban J connectivity index is 3.24. The molecule has 7 heteroatoms. The number of halogens is 4. The monoisotopic (exact) mass is 323 g/mol. The van der Waals surface area contributed by atoms with Crippen LogP contribution in [0, 0.1) is 11.3 Å². The maximum Gasteiger partial charge on any atom is 0.417 e. The lowest BCUT2D eigenvalue weighted by atomic mass is 9.99. The quantitative estimate of drug-likeness (QED) is 0.839. The largest absolute Gasteiger partial charge is 0.417 e. The smallest absolute Gasteiger partial charge is 0.389 e. The summed E-state index contributed by atoms with van der Waals surface area (Å²) in [5, 5.41) is 27.6. The van der Waals surface area contributed by atoms with Gasteiger partial charge in [-0.25, -0.2) is 0 Å². The fourth-order valence-corrected chi connectivity index (χ4v) is 1.74. The first-order valence-corrected chi connectivity index (χ1v) is 5.96. The zero-order chi connectivity index (χ0) is 13.9. The molecule has 0 aliphatic carbocycles. The molecular weight excluding hydrogens is 315 g/mol. The van der Waals surface area contributed by atoms with Crippen molar-refractivity contribution in [2.24, 2.45) is 0 Å². The summed E-state index contributed by atoms with van der Waals surface area (Å²) in [6.07, 6.45) is -7.35. The average molecular weight is 324 g/mol. The van der Waals surface area contributed by atoms with E-state index in [0.717, 1.165) is 6.07 Å². The van der Waals surface area contributed by atoms with Crippen LogP contribution < -0.4 is 0 Å². The molecule has 2 unspecified atom stereocenters. The van der Waals surface area contributed by atoms with E-state index in [9.17, 15) is 23.4 Å². The number of nitrogens with zero attached hydrogens (tertiary/aromatic N) is 1. The minimum atomic E-state index is -4.68. The molecule has 2 N–H and O–H groups in total. The van der Waals surface area contributed by atoms with Gasteiger partial charge in [0.1, 0.15) is 6.10 Å². The molecule has 0 aliphatic rings. The van der Waals surface area contributed by atoms with E-state index in [-0.39, 0.29) is 10.9 Å². The van der Waals surface area contributed by atoms with Crippen molar-refractivity contribution in [1.82, 2.24) is 0 Å². The normalized spacial score (nSPS) is 14.9. The van der Waals surface area contributed by atoms with Crippen LogP contribution in [0.2, 0.25) is 0 Å². The third-order valence-electron chi connectivity index (χ3n) is 2.33. The average Bonchev–Trinajstić information content (AvgIpc) is 2.35. The Morgan fingerprint density at radius 2 is 1.94 bits per heavy atom. The van der Waals surface area contributed by atoms with Crippen LogP contribution in [0.1, 0.15) is 22.8 Å². The van der Waals surface area contributed by atoms with E-state index in [1.54, 1.807) is 0 Å². The first-order chi connectivity index (χ1) is 8.31. The summed E-state index contributed by atoms with van der Waals surface area (Å²) < 4.78 is 38.0. The van der Waals surface area contributed by atoms with Crippen LogP contribution in [0.25, 0.3) is 0 Å². The Morgan fingerprint density at radius 3 is 2.39 bits per heavy atom. The zero-order valence-corrected chi connectivity index (χ0v) is 10.5. The molecule has 3 nitrogen and oxygen atoms in total. The molecule has 0 bridgehead atoms. The van der Waals surface area contributed by atoms with Crippen molar-refractivity contribution in [1.29, 1.82) is 5.26 Å². The molecule has 1 aromatic rings. The minimum absolute atomic E-state index is 0.0233. The number of benzene rings is 1. The molecule has 1 rings (SSSR count). The first kappa shape index (κ1) is 15.0. The van der Waals surface area contributed by atoms with Gasteiger partial charge in [0.2, 0.25) is 0 Å². The molecule has 0 amide bonds. The van der Waals surface area contributed by atoms with Crippen molar-refractivity contribution < 1.29 is 23.4 Å². The molecule has 0 aliphatic heterocycles. The lowest BCUT2D eigenvalue weighted by molar-refractivity contribution is -0.137. The molecule has 0 heterocycles. The van der Waals surface area contributed by atoms with Gasteiger partial charge in [0.15, 0.2) is 0 Å². The molecule has 0 radical (unpaired) electrons. The van der Waals surface area contributed by atoms with Gasteiger partial charge >= 0.3 is 6.18 Å². The highest BCUT2D eigenvalue weighted by Crippen LogP contribution is 2.34. The van der Waals surface area contributed by atoms with Crippen LogP contribution >= 0.6 is 15.9 Å². The SMILES string of the molecule is N#Cc1ccc(C(O)C(O)CBr)cc1C(F)(F)F. The lowest BCUT2D eigenvalue weighted by Gasteiger charge is -2.18. The van der Waals surface area contributed by atoms with Gasteiger partial charge in [-0.2, -0.15) is 18.4 Å². The third-order valence-corrected chi connectivity index (χ3v) is 3.00. The van der Waals surface area contributed by atoms with Crippen LogP contribution in [-0.4, -0.2) is 21.6 Å². The first-order valence-electron chi connectivity index (χ1n) is 4.84. The Bertz CT molecular complexity index is 470. The van der Waals surface area contributed by atoms with E-state index >= 15 is 0 Å². The number of hydrogen-bond donors (Lipinski definition) is 2. The molecule has 98 valence electrons. The standard InChI is InChI=1S/C11H9BrF3NO2/c12-4-9(17)10(18)6-1-2-7(5-16)8(3-6)11(13,14)15/h1-3,9-10,17-18H,4H2. The van der Waals surface area contributed by atoms with E-state index in [2.05, 4.69) is 15.9 Å². The summed E-state index contributed by atoms with van der Waals surface area (Å²) >= 11 is 2.91. The fourth-order valence-electron chi connectivity index (χ4n) is 1.38. The predicted molar refractivity (Wildman–Crippen MR) is 60.9 cm³/mol. The van der Waals surface area contributed by atoms with Crippen molar-refractivity contribution in [2.75, 3.05) is 5.33 Å². The number of aliphatic hydroxyl groups is 2. The Labute approximate surface area is 110 Å². The fraction of sp³-hybridized carbons (Fsp3) is 0.364. The van der Waals surface area contributed by atoms with Gasteiger partial charge in [-0.1, -0.05) is 22.0 Å². The molecule has 0 aromatic heterocycles. The number of aliphatic hydroxyl groups excluding tert-OH is 2.